The third kappa shape index (κ3) is 4.53. The molecule has 1 heterocycles. The second kappa shape index (κ2) is 6.69. The van der Waals surface area contributed by atoms with Crippen molar-refractivity contribution in [3.63, 3.8) is 0 Å². The second-order valence-corrected chi connectivity index (χ2v) is 4.12. The minimum absolute atomic E-state index is 0.312. The van der Waals surface area contributed by atoms with Gasteiger partial charge in [-0.05, 0) is 32.2 Å². The largest absolute Gasteiger partial charge is 0.380 e. The van der Waals surface area contributed by atoms with E-state index in [1.165, 1.54) is 0 Å². The zero-order valence-corrected chi connectivity index (χ0v) is 10.3. The summed E-state index contributed by atoms with van der Waals surface area (Å²) in [5.74, 6) is 0. The van der Waals surface area contributed by atoms with Crippen molar-refractivity contribution in [1.82, 2.24) is 4.98 Å². The van der Waals surface area contributed by atoms with Gasteiger partial charge in [-0.1, -0.05) is 0 Å². The number of ether oxygens (including phenoxy) is 1. The standard InChI is InChI=1S/C11H18N2OS/c1-4-14-8-9(2)13-10-5-6-11(15-3)12-7-10/h5-7,9,13H,4,8H2,1-3H3. The molecule has 0 saturated carbocycles. The molecule has 0 aliphatic carbocycles. The van der Waals surface area contributed by atoms with Crippen LogP contribution < -0.4 is 5.32 Å². The molecule has 0 radical (unpaired) electrons. The SMILES string of the molecule is CCOCC(C)Nc1ccc(SC)nc1. The molecule has 1 aromatic heterocycles. The lowest BCUT2D eigenvalue weighted by Gasteiger charge is -2.14. The van der Waals surface area contributed by atoms with Crippen LogP contribution in [0.2, 0.25) is 0 Å². The number of aromatic nitrogens is 1. The fourth-order valence-corrected chi connectivity index (χ4v) is 1.57. The Labute approximate surface area is 95.6 Å². The van der Waals surface area contributed by atoms with Crippen LogP contribution in [0.25, 0.3) is 0 Å². The second-order valence-electron chi connectivity index (χ2n) is 3.29. The van der Waals surface area contributed by atoms with E-state index in [1.54, 1.807) is 11.8 Å². The molecule has 15 heavy (non-hydrogen) atoms. The predicted octanol–water partition coefficient (Wildman–Crippen LogP) is 2.64. The number of rotatable bonds is 6. The summed E-state index contributed by atoms with van der Waals surface area (Å²) in [5.41, 5.74) is 1.04. The van der Waals surface area contributed by atoms with Crippen molar-refractivity contribution >= 4 is 17.4 Å². The van der Waals surface area contributed by atoms with E-state index >= 15 is 0 Å². The van der Waals surface area contributed by atoms with Crippen molar-refractivity contribution in [3.05, 3.63) is 18.3 Å². The molecule has 1 unspecified atom stereocenters. The molecule has 0 spiro atoms. The van der Waals surface area contributed by atoms with Crippen LogP contribution >= 0.6 is 11.8 Å². The summed E-state index contributed by atoms with van der Waals surface area (Å²) in [4.78, 5) is 4.29. The van der Waals surface area contributed by atoms with Crippen LogP contribution in [-0.2, 0) is 4.74 Å². The van der Waals surface area contributed by atoms with Crippen molar-refractivity contribution in [2.75, 3.05) is 24.8 Å². The van der Waals surface area contributed by atoms with Gasteiger partial charge in [0.2, 0.25) is 0 Å². The van der Waals surface area contributed by atoms with Gasteiger partial charge in [0.15, 0.2) is 0 Å². The first-order valence-electron chi connectivity index (χ1n) is 5.10. The maximum Gasteiger partial charge on any atom is 0.0958 e. The molecule has 1 N–H and O–H groups in total. The van der Waals surface area contributed by atoms with Gasteiger partial charge < -0.3 is 10.1 Å². The van der Waals surface area contributed by atoms with E-state index in [9.17, 15) is 0 Å². The van der Waals surface area contributed by atoms with Gasteiger partial charge in [-0.15, -0.1) is 11.8 Å². The molecule has 0 saturated heterocycles. The quantitative estimate of drug-likeness (QED) is 0.756. The average Bonchev–Trinajstić information content (AvgIpc) is 2.27. The number of nitrogens with zero attached hydrogens (tertiary/aromatic N) is 1. The van der Waals surface area contributed by atoms with Gasteiger partial charge in [-0.3, -0.25) is 0 Å². The molecule has 0 amide bonds. The molecule has 4 heteroatoms. The minimum Gasteiger partial charge on any atom is -0.380 e. The Kier molecular flexibility index (Phi) is 5.50. The van der Waals surface area contributed by atoms with Gasteiger partial charge in [-0.2, -0.15) is 0 Å². The van der Waals surface area contributed by atoms with Crippen LogP contribution in [0.1, 0.15) is 13.8 Å². The first-order valence-corrected chi connectivity index (χ1v) is 6.33. The number of hydrogen-bond acceptors (Lipinski definition) is 4. The van der Waals surface area contributed by atoms with Crippen LogP contribution in [0.15, 0.2) is 23.4 Å². The molecule has 0 aromatic carbocycles. The lowest BCUT2D eigenvalue weighted by molar-refractivity contribution is 0.141. The van der Waals surface area contributed by atoms with E-state index in [2.05, 4.69) is 17.2 Å². The number of anilines is 1. The van der Waals surface area contributed by atoms with Crippen LogP contribution in [-0.4, -0.2) is 30.5 Å². The summed E-state index contributed by atoms with van der Waals surface area (Å²) < 4.78 is 5.33. The Hall–Kier alpha value is -0.740. The first kappa shape index (κ1) is 12.3. The number of thioether (sulfide) groups is 1. The third-order valence-electron chi connectivity index (χ3n) is 1.93. The predicted molar refractivity (Wildman–Crippen MR) is 65.6 cm³/mol. The highest BCUT2D eigenvalue weighted by atomic mass is 32.2. The molecular formula is C11H18N2OS. The summed E-state index contributed by atoms with van der Waals surface area (Å²) in [6.07, 6.45) is 3.88. The number of pyridine rings is 1. The van der Waals surface area contributed by atoms with Crippen LogP contribution in [0, 0.1) is 0 Å². The van der Waals surface area contributed by atoms with E-state index in [0.29, 0.717) is 6.04 Å². The van der Waals surface area contributed by atoms with E-state index in [0.717, 1.165) is 23.9 Å². The molecule has 84 valence electrons. The smallest absolute Gasteiger partial charge is 0.0958 e. The van der Waals surface area contributed by atoms with E-state index in [4.69, 9.17) is 4.74 Å². The van der Waals surface area contributed by atoms with Gasteiger partial charge in [0.05, 0.1) is 23.5 Å². The Balaban J connectivity index is 2.42. The summed E-state index contributed by atoms with van der Waals surface area (Å²) >= 11 is 1.65. The highest BCUT2D eigenvalue weighted by Crippen LogP contribution is 2.14. The van der Waals surface area contributed by atoms with Crippen LogP contribution in [0.3, 0.4) is 0 Å². The zero-order valence-electron chi connectivity index (χ0n) is 9.49. The molecule has 1 aromatic rings. The van der Waals surface area contributed by atoms with Gasteiger partial charge in [0, 0.05) is 12.6 Å². The van der Waals surface area contributed by atoms with Gasteiger partial charge in [0.1, 0.15) is 0 Å². The van der Waals surface area contributed by atoms with E-state index in [-0.39, 0.29) is 0 Å². The van der Waals surface area contributed by atoms with E-state index in [1.807, 2.05) is 31.5 Å². The molecule has 3 nitrogen and oxygen atoms in total. The Morgan fingerprint density at radius 3 is 2.87 bits per heavy atom. The Bertz CT molecular complexity index is 276. The summed E-state index contributed by atoms with van der Waals surface area (Å²) in [6.45, 7) is 5.58. The minimum atomic E-state index is 0.312. The first-order chi connectivity index (χ1) is 7.26. The van der Waals surface area contributed by atoms with Crippen molar-refractivity contribution in [3.8, 4) is 0 Å². The molecule has 0 bridgehead atoms. The topological polar surface area (TPSA) is 34.1 Å². The zero-order chi connectivity index (χ0) is 11.1. The van der Waals surface area contributed by atoms with Crippen LogP contribution in [0.4, 0.5) is 5.69 Å². The highest BCUT2D eigenvalue weighted by Gasteiger charge is 2.01. The lowest BCUT2D eigenvalue weighted by Crippen LogP contribution is -2.21. The molecule has 0 aliphatic heterocycles. The van der Waals surface area contributed by atoms with Crippen molar-refractivity contribution in [2.24, 2.45) is 0 Å². The van der Waals surface area contributed by atoms with Gasteiger partial charge in [-0.25, -0.2) is 4.98 Å². The summed E-state index contributed by atoms with van der Waals surface area (Å²) in [5, 5.41) is 4.37. The Morgan fingerprint density at radius 1 is 1.53 bits per heavy atom. The average molecular weight is 226 g/mol. The molecular weight excluding hydrogens is 208 g/mol. The number of hydrogen-bond donors (Lipinski definition) is 1. The third-order valence-corrected chi connectivity index (χ3v) is 2.59. The highest BCUT2D eigenvalue weighted by molar-refractivity contribution is 7.98. The van der Waals surface area contributed by atoms with Gasteiger partial charge >= 0.3 is 0 Å². The monoisotopic (exact) mass is 226 g/mol. The maximum atomic E-state index is 5.33. The van der Waals surface area contributed by atoms with Crippen LogP contribution in [0.5, 0.6) is 0 Å². The molecule has 1 atom stereocenters. The summed E-state index contributed by atoms with van der Waals surface area (Å²) in [6, 6.07) is 4.37. The fourth-order valence-electron chi connectivity index (χ4n) is 1.21. The molecule has 0 aliphatic rings. The molecule has 0 fully saturated rings. The molecule has 1 rings (SSSR count). The normalized spacial score (nSPS) is 12.5. The van der Waals surface area contributed by atoms with E-state index < -0.39 is 0 Å². The fraction of sp³-hybridized carbons (Fsp3) is 0.545. The Morgan fingerprint density at radius 2 is 2.33 bits per heavy atom. The van der Waals surface area contributed by atoms with Crippen molar-refractivity contribution < 1.29 is 4.74 Å². The number of nitrogens with one attached hydrogen (secondary N) is 1. The van der Waals surface area contributed by atoms with Crippen molar-refractivity contribution in [2.45, 2.75) is 24.9 Å². The van der Waals surface area contributed by atoms with Crippen molar-refractivity contribution in [1.29, 1.82) is 0 Å². The maximum absolute atomic E-state index is 5.33. The lowest BCUT2D eigenvalue weighted by atomic mass is 10.3. The summed E-state index contributed by atoms with van der Waals surface area (Å²) in [7, 11) is 0. The van der Waals surface area contributed by atoms with Gasteiger partial charge in [0.25, 0.3) is 0 Å².